The first-order chi connectivity index (χ1) is 6.65. The van der Waals surface area contributed by atoms with Gasteiger partial charge in [-0.1, -0.05) is 22.9 Å². The van der Waals surface area contributed by atoms with Crippen LogP contribution >= 0.6 is 15.9 Å². The molecule has 2 atom stereocenters. The molecule has 1 aliphatic rings. The number of rotatable bonds is 2. The van der Waals surface area contributed by atoms with Crippen molar-refractivity contribution in [3.63, 3.8) is 0 Å². The molecule has 76 valence electrons. The first-order valence-electron chi connectivity index (χ1n) is 5.19. The van der Waals surface area contributed by atoms with Gasteiger partial charge in [0.1, 0.15) is 0 Å². The summed E-state index contributed by atoms with van der Waals surface area (Å²) >= 11 is 3.52. The molecule has 2 heteroatoms. The molecule has 1 aliphatic carbocycles. The first-order valence-corrected chi connectivity index (χ1v) is 5.98. The predicted octanol–water partition coefficient (Wildman–Crippen LogP) is 3.97. The van der Waals surface area contributed by atoms with Crippen LogP contribution in [0.1, 0.15) is 25.3 Å². The van der Waals surface area contributed by atoms with Crippen molar-refractivity contribution in [3.05, 3.63) is 28.2 Å². The van der Waals surface area contributed by atoms with Crippen LogP contribution in [0.5, 0.6) is 0 Å². The maximum absolute atomic E-state index is 3.58. The smallest absolute Gasteiger partial charge is 0.0356 e. The molecule has 1 saturated carbocycles. The summed E-state index contributed by atoms with van der Waals surface area (Å²) in [4.78, 5) is 0. The van der Waals surface area contributed by atoms with Crippen LogP contribution in [-0.2, 0) is 0 Å². The van der Waals surface area contributed by atoms with Gasteiger partial charge >= 0.3 is 0 Å². The van der Waals surface area contributed by atoms with E-state index in [1.807, 2.05) is 0 Å². The Balaban J connectivity index is 2.08. The van der Waals surface area contributed by atoms with Crippen molar-refractivity contribution in [2.45, 2.75) is 32.7 Å². The molecule has 14 heavy (non-hydrogen) atoms. The first kappa shape index (κ1) is 10.0. The van der Waals surface area contributed by atoms with Crippen molar-refractivity contribution in [3.8, 4) is 0 Å². The van der Waals surface area contributed by atoms with Crippen LogP contribution in [0.3, 0.4) is 0 Å². The Morgan fingerprint density at radius 1 is 1.29 bits per heavy atom. The summed E-state index contributed by atoms with van der Waals surface area (Å²) < 4.78 is 1.16. The van der Waals surface area contributed by atoms with Gasteiger partial charge in [0, 0.05) is 16.2 Å². The normalized spacial score (nSPS) is 25.6. The topological polar surface area (TPSA) is 12.0 Å². The lowest BCUT2D eigenvalue weighted by Gasteiger charge is -2.35. The fraction of sp³-hybridized carbons (Fsp3) is 0.500. The molecule has 0 saturated heterocycles. The molecule has 0 amide bonds. The average Bonchev–Trinajstić information content (AvgIpc) is 2.10. The second-order valence-corrected chi connectivity index (χ2v) is 5.24. The number of benzene rings is 1. The van der Waals surface area contributed by atoms with Gasteiger partial charge in [0.2, 0.25) is 0 Å². The van der Waals surface area contributed by atoms with Crippen molar-refractivity contribution in [2.75, 3.05) is 5.32 Å². The van der Waals surface area contributed by atoms with E-state index < -0.39 is 0 Å². The molecule has 0 radical (unpaired) electrons. The van der Waals surface area contributed by atoms with Gasteiger partial charge in [0.15, 0.2) is 0 Å². The van der Waals surface area contributed by atoms with E-state index in [9.17, 15) is 0 Å². The van der Waals surface area contributed by atoms with Crippen LogP contribution in [0.2, 0.25) is 0 Å². The molecule has 1 aromatic carbocycles. The van der Waals surface area contributed by atoms with Crippen LogP contribution < -0.4 is 5.32 Å². The zero-order valence-corrected chi connectivity index (χ0v) is 10.3. The highest BCUT2D eigenvalue weighted by atomic mass is 79.9. The summed E-state index contributed by atoms with van der Waals surface area (Å²) in [5.41, 5.74) is 2.54. The van der Waals surface area contributed by atoms with Crippen molar-refractivity contribution in [1.82, 2.24) is 0 Å². The maximum Gasteiger partial charge on any atom is 0.0356 e. The molecule has 2 rings (SSSR count). The lowest BCUT2D eigenvalue weighted by atomic mass is 9.81. The number of aryl methyl sites for hydroxylation is 1. The third kappa shape index (κ3) is 2.11. The van der Waals surface area contributed by atoms with Gasteiger partial charge in [-0.3, -0.25) is 0 Å². The van der Waals surface area contributed by atoms with E-state index in [-0.39, 0.29) is 0 Å². The zero-order valence-electron chi connectivity index (χ0n) is 8.68. The number of anilines is 1. The third-order valence-corrected chi connectivity index (χ3v) is 3.47. The highest BCUT2D eigenvalue weighted by molar-refractivity contribution is 9.10. The fourth-order valence-electron chi connectivity index (χ4n) is 1.91. The monoisotopic (exact) mass is 253 g/mol. The van der Waals surface area contributed by atoms with Gasteiger partial charge in [0.05, 0.1) is 0 Å². The van der Waals surface area contributed by atoms with Crippen molar-refractivity contribution >= 4 is 21.6 Å². The molecule has 1 aromatic rings. The van der Waals surface area contributed by atoms with Crippen LogP contribution in [0.25, 0.3) is 0 Å². The van der Waals surface area contributed by atoms with E-state index in [0.717, 1.165) is 10.4 Å². The second-order valence-electron chi connectivity index (χ2n) is 4.32. The fourth-order valence-corrected chi connectivity index (χ4v) is 2.52. The van der Waals surface area contributed by atoms with Gasteiger partial charge in [-0.25, -0.2) is 0 Å². The molecule has 0 bridgehead atoms. The Morgan fingerprint density at radius 3 is 2.57 bits per heavy atom. The highest BCUT2D eigenvalue weighted by Gasteiger charge is 2.26. The summed E-state index contributed by atoms with van der Waals surface area (Å²) in [7, 11) is 0. The molecule has 0 aromatic heterocycles. The van der Waals surface area contributed by atoms with Gasteiger partial charge in [-0.15, -0.1) is 0 Å². The van der Waals surface area contributed by atoms with Gasteiger partial charge in [0.25, 0.3) is 0 Å². The molecule has 2 unspecified atom stereocenters. The van der Waals surface area contributed by atoms with Gasteiger partial charge in [-0.05, 0) is 49.4 Å². The van der Waals surface area contributed by atoms with E-state index in [1.165, 1.54) is 24.1 Å². The maximum atomic E-state index is 3.58. The summed E-state index contributed by atoms with van der Waals surface area (Å²) in [6, 6.07) is 7.17. The van der Waals surface area contributed by atoms with Gasteiger partial charge in [-0.2, -0.15) is 0 Å². The number of halogens is 1. The van der Waals surface area contributed by atoms with Crippen LogP contribution in [0.4, 0.5) is 5.69 Å². The summed E-state index contributed by atoms with van der Waals surface area (Å²) in [5, 5.41) is 3.58. The van der Waals surface area contributed by atoms with Crippen molar-refractivity contribution in [2.24, 2.45) is 5.92 Å². The Kier molecular flexibility index (Phi) is 2.82. The van der Waals surface area contributed by atoms with E-state index in [2.05, 4.69) is 53.3 Å². The molecule has 1 nitrogen and oxygen atoms in total. The lowest BCUT2D eigenvalue weighted by Crippen LogP contribution is -2.36. The second kappa shape index (κ2) is 3.93. The number of hydrogen-bond acceptors (Lipinski definition) is 1. The molecule has 0 heterocycles. The molecular formula is C12H16BrN. The molecular weight excluding hydrogens is 238 g/mol. The Bertz CT molecular complexity index is 315. The molecule has 0 spiro atoms. The Hall–Kier alpha value is -0.500. The minimum Gasteiger partial charge on any atom is -0.382 e. The average molecular weight is 254 g/mol. The molecule has 0 aliphatic heterocycles. The zero-order chi connectivity index (χ0) is 10.1. The van der Waals surface area contributed by atoms with Crippen molar-refractivity contribution < 1.29 is 0 Å². The number of hydrogen-bond donors (Lipinski definition) is 1. The largest absolute Gasteiger partial charge is 0.382 e. The van der Waals surface area contributed by atoms with Crippen LogP contribution in [0, 0.1) is 12.8 Å². The standard InChI is InChI=1S/C12H16BrN/c1-8-5-10(13)7-11(6-8)14-12-4-3-9(12)2/h5-7,9,12,14H,3-4H2,1-2H3. The van der Waals surface area contributed by atoms with E-state index >= 15 is 0 Å². The lowest BCUT2D eigenvalue weighted by molar-refractivity contribution is 0.303. The van der Waals surface area contributed by atoms with E-state index in [4.69, 9.17) is 0 Å². The minimum atomic E-state index is 0.684. The van der Waals surface area contributed by atoms with Gasteiger partial charge < -0.3 is 5.32 Å². The third-order valence-electron chi connectivity index (χ3n) is 3.01. The number of nitrogens with one attached hydrogen (secondary N) is 1. The van der Waals surface area contributed by atoms with Crippen molar-refractivity contribution in [1.29, 1.82) is 0 Å². The molecule has 1 fully saturated rings. The van der Waals surface area contributed by atoms with E-state index in [1.54, 1.807) is 0 Å². The predicted molar refractivity (Wildman–Crippen MR) is 64.7 cm³/mol. The quantitative estimate of drug-likeness (QED) is 0.842. The summed E-state index contributed by atoms with van der Waals surface area (Å²) in [5.74, 6) is 0.828. The highest BCUT2D eigenvalue weighted by Crippen LogP contribution is 2.30. The van der Waals surface area contributed by atoms with Crippen LogP contribution in [0.15, 0.2) is 22.7 Å². The SMILES string of the molecule is Cc1cc(Br)cc(NC2CCC2C)c1. The Morgan fingerprint density at radius 2 is 2.07 bits per heavy atom. The van der Waals surface area contributed by atoms with E-state index in [0.29, 0.717) is 6.04 Å². The summed E-state index contributed by atoms with van der Waals surface area (Å²) in [6.07, 6.45) is 2.68. The Labute approximate surface area is 94.0 Å². The summed E-state index contributed by atoms with van der Waals surface area (Å²) in [6.45, 7) is 4.44. The molecule has 1 N–H and O–H groups in total. The minimum absolute atomic E-state index is 0.684. The van der Waals surface area contributed by atoms with Crippen LogP contribution in [-0.4, -0.2) is 6.04 Å².